The number of piperidine rings is 2. The van der Waals surface area contributed by atoms with Gasteiger partial charge in [-0.2, -0.15) is 0 Å². The standard InChI is InChI=1S/C6H8N2O2/c9-5-3-1-2-4(8-5)6(10)7-3/h3-4H,1-2H2,(H,7,10)(H,8,9). The Hall–Kier alpha value is -1.06. The van der Waals surface area contributed by atoms with Gasteiger partial charge in [0.2, 0.25) is 11.8 Å². The van der Waals surface area contributed by atoms with Gasteiger partial charge in [-0.05, 0) is 12.8 Å². The number of carbonyl (C=O) groups excluding carboxylic acids is 2. The van der Waals surface area contributed by atoms with Crippen LogP contribution in [0.25, 0.3) is 0 Å². The first kappa shape index (κ1) is 5.70. The number of rotatable bonds is 0. The quantitative estimate of drug-likeness (QED) is 0.442. The largest absolute Gasteiger partial charge is 0.343 e. The first-order chi connectivity index (χ1) is 4.77. The summed E-state index contributed by atoms with van der Waals surface area (Å²) in [5.74, 6) is -0.0632. The van der Waals surface area contributed by atoms with E-state index in [1.807, 2.05) is 0 Å². The van der Waals surface area contributed by atoms with E-state index >= 15 is 0 Å². The molecule has 3 fully saturated rings. The van der Waals surface area contributed by atoms with Gasteiger partial charge in [-0.15, -0.1) is 0 Å². The Morgan fingerprint density at radius 1 is 1.00 bits per heavy atom. The first-order valence-electron chi connectivity index (χ1n) is 3.38. The smallest absolute Gasteiger partial charge is 0.243 e. The van der Waals surface area contributed by atoms with Crippen LogP contribution in [0.4, 0.5) is 0 Å². The normalized spacial score (nSPS) is 37.2. The van der Waals surface area contributed by atoms with E-state index in [4.69, 9.17) is 0 Å². The van der Waals surface area contributed by atoms with Crippen LogP contribution in [0.5, 0.6) is 0 Å². The minimum absolute atomic E-state index is 0.0316. The fourth-order valence-electron chi connectivity index (χ4n) is 1.42. The number of carbonyl (C=O) groups is 2. The topological polar surface area (TPSA) is 58.2 Å². The Morgan fingerprint density at radius 3 is 1.60 bits per heavy atom. The minimum Gasteiger partial charge on any atom is -0.343 e. The molecule has 0 saturated carbocycles. The van der Waals surface area contributed by atoms with Crippen LogP contribution in [0.3, 0.4) is 0 Å². The van der Waals surface area contributed by atoms with Gasteiger partial charge in [0.25, 0.3) is 0 Å². The molecule has 3 heterocycles. The van der Waals surface area contributed by atoms with E-state index in [1.54, 1.807) is 0 Å². The van der Waals surface area contributed by atoms with Crippen molar-refractivity contribution in [1.82, 2.24) is 10.6 Å². The van der Waals surface area contributed by atoms with Gasteiger partial charge in [0, 0.05) is 0 Å². The van der Waals surface area contributed by atoms with E-state index in [0.717, 1.165) is 12.8 Å². The highest BCUT2D eigenvalue weighted by molar-refractivity contribution is 5.98. The zero-order chi connectivity index (χ0) is 7.14. The summed E-state index contributed by atoms with van der Waals surface area (Å²) >= 11 is 0. The summed E-state index contributed by atoms with van der Waals surface area (Å²) in [5.41, 5.74) is 0. The van der Waals surface area contributed by atoms with E-state index < -0.39 is 0 Å². The maximum absolute atomic E-state index is 10.9. The fourth-order valence-corrected chi connectivity index (χ4v) is 1.42. The molecule has 54 valence electrons. The summed E-state index contributed by atoms with van der Waals surface area (Å²) in [6.45, 7) is 0. The molecule has 10 heavy (non-hydrogen) atoms. The van der Waals surface area contributed by atoms with Crippen molar-refractivity contribution >= 4 is 11.8 Å². The molecule has 4 heteroatoms. The molecule has 0 aromatic carbocycles. The van der Waals surface area contributed by atoms with Gasteiger partial charge in [0.05, 0.1) is 0 Å². The molecule has 3 saturated heterocycles. The molecule has 3 rings (SSSR count). The van der Waals surface area contributed by atoms with Gasteiger partial charge >= 0.3 is 0 Å². The van der Waals surface area contributed by atoms with E-state index in [1.165, 1.54) is 0 Å². The molecule has 2 N–H and O–H groups in total. The van der Waals surface area contributed by atoms with Crippen LogP contribution in [0, 0.1) is 0 Å². The van der Waals surface area contributed by atoms with Crippen LogP contribution in [0.15, 0.2) is 0 Å². The summed E-state index contributed by atoms with van der Waals surface area (Å²) in [4.78, 5) is 21.8. The molecular weight excluding hydrogens is 132 g/mol. The summed E-state index contributed by atoms with van der Waals surface area (Å²) in [5, 5.41) is 5.23. The monoisotopic (exact) mass is 140 g/mol. The number of hydrogen-bond donors (Lipinski definition) is 2. The van der Waals surface area contributed by atoms with Crippen molar-refractivity contribution in [2.24, 2.45) is 0 Å². The molecular formula is C6H8N2O2. The number of piperazine rings is 1. The highest BCUT2D eigenvalue weighted by atomic mass is 16.2. The molecule has 4 nitrogen and oxygen atoms in total. The van der Waals surface area contributed by atoms with Gasteiger partial charge in [0.15, 0.2) is 0 Å². The van der Waals surface area contributed by atoms with Crippen LogP contribution in [0.1, 0.15) is 12.8 Å². The van der Waals surface area contributed by atoms with E-state index in [-0.39, 0.29) is 23.9 Å². The van der Waals surface area contributed by atoms with Crippen LogP contribution in [0.2, 0.25) is 0 Å². The van der Waals surface area contributed by atoms with Crippen LogP contribution < -0.4 is 10.6 Å². The SMILES string of the molecule is O=C1NC2CCC1NC2=O. The number of nitrogens with one attached hydrogen (secondary N) is 2. The van der Waals surface area contributed by atoms with Crippen LogP contribution in [-0.2, 0) is 9.59 Å². The molecule has 3 aliphatic rings. The first-order valence-corrected chi connectivity index (χ1v) is 3.38. The van der Waals surface area contributed by atoms with Gasteiger partial charge in [-0.25, -0.2) is 0 Å². The average Bonchev–Trinajstić information content (AvgIpc) is 1.91. The van der Waals surface area contributed by atoms with Crippen molar-refractivity contribution in [2.45, 2.75) is 24.9 Å². The predicted octanol–water partition coefficient (Wildman–Crippen LogP) is -1.24. The lowest BCUT2D eigenvalue weighted by Gasteiger charge is -2.35. The molecule has 2 atom stereocenters. The van der Waals surface area contributed by atoms with Crippen molar-refractivity contribution in [1.29, 1.82) is 0 Å². The minimum atomic E-state index is -0.252. The van der Waals surface area contributed by atoms with Gasteiger partial charge < -0.3 is 10.6 Å². The van der Waals surface area contributed by atoms with Crippen molar-refractivity contribution in [3.63, 3.8) is 0 Å². The van der Waals surface area contributed by atoms with Crippen LogP contribution >= 0.6 is 0 Å². The van der Waals surface area contributed by atoms with E-state index in [0.29, 0.717) is 0 Å². The molecule has 2 unspecified atom stereocenters. The molecule has 3 aliphatic heterocycles. The van der Waals surface area contributed by atoms with Crippen molar-refractivity contribution in [3.05, 3.63) is 0 Å². The maximum atomic E-state index is 10.9. The Morgan fingerprint density at radius 2 is 1.40 bits per heavy atom. The molecule has 0 radical (unpaired) electrons. The molecule has 0 aromatic rings. The van der Waals surface area contributed by atoms with Crippen molar-refractivity contribution in [3.8, 4) is 0 Å². The zero-order valence-corrected chi connectivity index (χ0v) is 5.39. The lowest BCUT2D eigenvalue weighted by atomic mass is 9.94. The molecule has 2 amide bonds. The Balaban J connectivity index is 2.23. The summed E-state index contributed by atoms with van der Waals surface area (Å²) in [6, 6.07) is -0.505. The number of fused-ring (bicyclic) bond motifs is 3. The number of hydrogen-bond acceptors (Lipinski definition) is 2. The zero-order valence-electron chi connectivity index (χ0n) is 5.39. The van der Waals surface area contributed by atoms with Crippen LogP contribution in [-0.4, -0.2) is 23.9 Å². The van der Waals surface area contributed by atoms with Gasteiger partial charge in [-0.1, -0.05) is 0 Å². The maximum Gasteiger partial charge on any atom is 0.243 e. The average molecular weight is 140 g/mol. The summed E-state index contributed by atoms with van der Waals surface area (Å²) in [6.07, 6.45) is 1.59. The summed E-state index contributed by atoms with van der Waals surface area (Å²) < 4.78 is 0. The van der Waals surface area contributed by atoms with Gasteiger partial charge in [0.1, 0.15) is 12.1 Å². The van der Waals surface area contributed by atoms with Crippen molar-refractivity contribution in [2.75, 3.05) is 0 Å². The van der Waals surface area contributed by atoms with E-state index in [2.05, 4.69) is 10.6 Å². The van der Waals surface area contributed by atoms with Crippen molar-refractivity contribution < 1.29 is 9.59 Å². The molecule has 0 spiro atoms. The molecule has 2 bridgehead atoms. The Kier molecular flexibility index (Phi) is 0.977. The molecule has 0 aromatic heterocycles. The highest BCUT2D eigenvalue weighted by Gasteiger charge is 2.38. The van der Waals surface area contributed by atoms with Gasteiger partial charge in [-0.3, -0.25) is 9.59 Å². The molecule has 0 aliphatic carbocycles. The lowest BCUT2D eigenvalue weighted by molar-refractivity contribution is -0.140. The third kappa shape index (κ3) is 0.616. The third-order valence-electron chi connectivity index (χ3n) is 2.01. The lowest BCUT2D eigenvalue weighted by Crippen LogP contribution is -2.65. The second-order valence-corrected chi connectivity index (χ2v) is 2.70. The third-order valence-corrected chi connectivity index (χ3v) is 2.01. The predicted molar refractivity (Wildman–Crippen MR) is 33.1 cm³/mol. The number of amides is 2. The Bertz CT molecular complexity index is 180. The Labute approximate surface area is 58.0 Å². The fraction of sp³-hybridized carbons (Fsp3) is 0.667. The van der Waals surface area contributed by atoms with E-state index in [9.17, 15) is 9.59 Å². The second-order valence-electron chi connectivity index (χ2n) is 2.70. The second kappa shape index (κ2) is 1.71. The highest BCUT2D eigenvalue weighted by Crippen LogP contribution is 2.14. The summed E-state index contributed by atoms with van der Waals surface area (Å²) in [7, 11) is 0.